The summed E-state index contributed by atoms with van der Waals surface area (Å²) in [6.07, 6.45) is 9.12. The molecule has 1 aliphatic rings. The third-order valence-electron chi connectivity index (χ3n) is 3.39. The maximum atomic E-state index is 5.27. The molecule has 1 heterocycles. The van der Waals surface area contributed by atoms with Crippen LogP contribution in [0.15, 0.2) is 10.6 Å². The average molecular weight is 222 g/mol. The second-order valence-corrected chi connectivity index (χ2v) is 4.71. The van der Waals surface area contributed by atoms with Crippen molar-refractivity contribution in [2.75, 3.05) is 0 Å². The summed E-state index contributed by atoms with van der Waals surface area (Å²) < 4.78 is 5.27. The summed E-state index contributed by atoms with van der Waals surface area (Å²) in [5.41, 5.74) is 1.05. The summed E-state index contributed by atoms with van der Waals surface area (Å²) >= 11 is 0. The van der Waals surface area contributed by atoms with Gasteiger partial charge in [0.25, 0.3) is 0 Å². The second kappa shape index (κ2) is 6.04. The van der Waals surface area contributed by atoms with E-state index in [0.29, 0.717) is 6.04 Å². The van der Waals surface area contributed by atoms with Crippen LogP contribution in [-0.4, -0.2) is 11.2 Å². The number of aromatic nitrogens is 1. The summed E-state index contributed by atoms with van der Waals surface area (Å²) in [7, 11) is 0. The molecule has 0 saturated heterocycles. The lowest BCUT2D eigenvalue weighted by atomic mass is 10.1. The summed E-state index contributed by atoms with van der Waals surface area (Å²) in [4.78, 5) is 0. The van der Waals surface area contributed by atoms with Gasteiger partial charge in [-0.2, -0.15) is 0 Å². The van der Waals surface area contributed by atoms with Crippen LogP contribution in [0.5, 0.6) is 0 Å². The fourth-order valence-electron chi connectivity index (χ4n) is 2.33. The van der Waals surface area contributed by atoms with Gasteiger partial charge in [-0.3, -0.25) is 0 Å². The molecule has 1 N–H and O–H groups in total. The molecule has 1 saturated carbocycles. The Morgan fingerprint density at radius 2 is 2.06 bits per heavy atom. The summed E-state index contributed by atoms with van der Waals surface area (Å²) in [6.45, 7) is 2.93. The van der Waals surface area contributed by atoms with Gasteiger partial charge in [-0.1, -0.05) is 37.8 Å². The van der Waals surface area contributed by atoms with Crippen molar-refractivity contribution in [3.8, 4) is 0 Å². The predicted molar refractivity (Wildman–Crippen MR) is 64.2 cm³/mol. The zero-order chi connectivity index (χ0) is 11.2. The predicted octanol–water partition coefficient (Wildman–Crippen LogP) is 3.05. The Hall–Kier alpha value is -0.830. The van der Waals surface area contributed by atoms with E-state index in [1.807, 2.05) is 0 Å². The quantitative estimate of drug-likeness (QED) is 0.796. The largest absolute Gasteiger partial charge is 0.360 e. The van der Waals surface area contributed by atoms with Crippen LogP contribution in [0.4, 0.5) is 0 Å². The lowest BCUT2D eigenvalue weighted by Crippen LogP contribution is -2.27. The van der Waals surface area contributed by atoms with E-state index in [9.17, 15) is 0 Å². The lowest BCUT2D eigenvalue weighted by Gasteiger charge is -2.14. The van der Waals surface area contributed by atoms with E-state index >= 15 is 0 Å². The van der Waals surface area contributed by atoms with Gasteiger partial charge in [0.1, 0.15) is 0 Å². The molecule has 0 amide bonds. The fourth-order valence-corrected chi connectivity index (χ4v) is 2.33. The number of hydrogen-bond donors (Lipinski definition) is 1. The Bertz CT molecular complexity index is 301. The van der Waals surface area contributed by atoms with Gasteiger partial charge >= 0.3 is 0 Å². The zero-order valence-electron chi connectivity index (χ0n) is 10.2. The lowest BCUT2D eigenvalue weighted by molar-refractivity contribution is 0.351. The van der Waals surface area contributed by atoms with Gasteiger partial charge in [0.2, 0.25) is 0 Å². The van der Waals surface area contributed by atoms with E-state index in [-0.39, 0.29) is 0 Å². The van der Waals surface area contributed by atoms with Crippen LogP contribution >= 0.6 is 0 Å². The SMILES string of the molecule is CCc1cc(CNC2CCCCCC2)on1. The maximum Gasteiger partial charge on any atom is 0.150 e. The standard InChI is InChI=1S/C13H22N2O/c1-2-11-9-13(16-15-11)10-14-12-7-5-3-4-6-8-12/h9,12,14H,2-8,10H2,1H3. The Morgan fingerprint density at radius 3 is 2.69 bits per heavy atom. The molecule has 0 aromatic carbocycles. The Balaban J connectivity index is 1.77. The minimum atomic E-state index is 0.678. The van der Waals surface area contributed by atoms with Gasteiger partial charge < -0.3 is 9.84 Å². The molecule has 1 aliphatic carbocycles. The van der Waals surface area contributed by atoms with Crippen LogP contribution in [0.1, 0.15) is 56.9 Å². The first-order chi connectivity index (χ1) is 7.88. The highest BCUT2D eigenvalue weighted by Gasteiger charge is 2.12. The van der Waals surface area contributed by atoms with Crippen LogP contribution in [0.2, 0.25) is 0 Å². The van der Waals surface area contributed by atoms with Crippen molar-refractivity contribution < 1.29 is 4.52 Å². The molecule has 0 radical (unpaired) electrons. The molecule has 90 valence electrons. The molecule has 16 heavy (non-hydrogen) atoms. The topological polar surface area (TPSA) is 38.1 Å². The highest BCUT2D eigenvalue weighted by atomic mass is 16.5. The van der Waals surface area contributed by atoms with Crippen molar-refractivity contribution in [3.63, 3.8) is 0 Å². The molecule has 2 rings (SSSR count). The molecule has 0 bridgehead atoms. The van der Waals surface area contributed by atoms with Crippen molar-refractivity contribution in [2.45, 2.75) is 64.5 Å². The van der Waals surface area contributed by atoms with E-state index in [1.165, 1.54) is 38.5 Å². The molecule has 0 spiro atoms. The fraction of sp³-hybridized carbons (Fsp3) is 0.769. The molecule has 1 aromatic heterocycles. The monoisotopic (exact) mass is 222 g/mol. The average Bonchev–Trinajstić information content (AvgIpc) is 2.61. The van der Waals surface area contributed by atoms with E-state index in [4.69, 9.17) is 4.52 Å². The van der Waals surface area contributed by atoms with E-state index < -0.39 is 0 Å². The third kappa shape index (κ3) is 3.34. The van der Waals surface area contributed by atoms with Crippen molar-refractivity contribution >= 4 is 0 Å². The van der Waals surface area contributed by atoms with Crippen molar-refractivity contribution in [1.82, 2.24) is 10.5 Å². The molecular weight excluding hydrogens is 200 g/mol. The van der Waals surface area contributed by atoms with E-state index in [0.717, 1.165) is 24.4 Å². The minimum Gasteiger partial charge on any atom is -0.360 e. The van der Waals surface area contributed by atoms with Crippen LogP contribution < -0.4 is 5.32 Å². The summed E-state index contributed by atoms with van der Waals surface area (Å²) in [5, 5.41) is 7.58. The van der Waals surface area contributed by atoms with Crippen molar-refractivity contribution in [3.05, 3.63) is 17.5 Å². The molecule has 0 unspecified atom stereocenters. The number of hydrogen-bond acceptors (Lipinski definition) is 3. The third-order valence-corrected chi connectivity index (χ3v) is 3.39. The Morgan fingerprint density at radius 1 is 1.31 bits per heavy atom. The number of rotatable bonds is 4. The molecule has 1 fully saturated rings. The minimum absolute atomic E-state index is 0.678. The molecular formula is C13H22N2O. The highest BCUT2D eigenvalue weighted by molar-refractivity contribution is 5.04. The molecule has 3 nitrogen and oxygen atoms in total. The Kier molecular flexibility index (Phi) is 4.40. The van der Waals surface area contributed by atoms with E-state index in [2.05, 4.69) is 23.5 Å². The summed E-state index contributed by atoms with van der Waals surface area (Å²) in [6, 6.07) is 2.74. The molecule has 3 heteroatoms. The first-order valence-corrected chi connectivity index (χ1v) is 6.56. The van der Waals surface area contributed by atoms with Gasteiger partial charge in [0.05, 0.1) is 12.2 Å². The maximum absolute atomic E-state index is 5.27. The number of nitrogens with zero attached hydrogens (tertiary/aromatic N) is 1. The van der Waals surface area contributed by atoms with Crippen LogP contribution in [-0.2, 0) is 13.0 Å². The first-order valence-electron chi connectivity index (χ1n) is 6.56. The van der Waals surface area contributed by atoms with Crippen LogP contribution in [0, 0.1) is 0 Å². The van der Waals surface area contributed by atoms with Gasteiger partial charge in [-0.25, -0.2) is 0 Å². The van der Waals surface area contributed by atoms with Gasteiger partial charge in [-0.05, 0) is 19.3 Å². The smallest absolute Gasteiger partial charge is 0.150 e. The number of nitrogens with one attached hydrogen (secondary N) is 1. The Labute approximate surface area is 97.6 Å². The zero-order valence-corrected chi connectivity index (χ0v) is 10.2. The normalized spacial score (nSPS) is 18.6. The molecule has 0 atom stereocenters. The van der Waals surface area contributed by atoms with Crippen LogP contribution in [0.25, 0.3) is 0 Å². The van der Waals surface area contributed by atoms with Gasteiger partial charge in [0.15, 0.2) is 5.76 Å². The summed E-state index contributed by atoms with van der Waals surface area (Å²) in [5.74, 6) is 0.973. The van der Waals surface area contributed by atoms with Gasteiger partial charge in [-0.15, -0.1) is 0 Å². The molecule has 0 aliphatic heterocycles. The first kappa shape index (κ1) is 11.6. The van der Waals surface area contributed by atoms with Crippen molar-refractivity contribution in [2.24, 2.45) is 0 Å². The second-order valence-electron chi connectivity index (χ2n) is 4.71. The molecule has 1 aromatic rings. The van der Waals surface area contributed by atoms with E-state index in [1.54, 1.807) is 0 Å². The van der Waals surface area contributed by atoms with Gasteiger partial charge in [0, 0.05) is 12.1 Å². The van der Waals surface area contributed by atoms with Crippen molar-refractivity contribution in [1.29, 1.82) is 0 Å². The van der Waals surface area contributed by atoms with Crippen LogP contribution in [0.3, 0.4) is 0 Å². The number of aryl methyl sites for hydroxylation is 1. The highest BCUT2D eigenvalue weighted by Crippen LogP contribution is 2.17.